The number of benzene rings is 2. The molecule has 2 aromatic carbocycles. The second kappa shape index (κ2) is 6.75. The highest BCUT2D eigenvalue weighted by Gasteiger charge is 2.37. The standard InChI is InChI=1S/C16H18N2O5S2/c1-23-14-7-9-16(10-8-14)25(21,22)18-12-11-17(13-18)24(19,20)15-5-3-2-4-6-15/h2-10H,11-13H2,1H3. The maximum Gasteiger partial charge on any atom is 0.244 e. The van der Waals surface area contributed by atoms with Gasteiger partial charge in [-0.25, -0.2) is 16.8 Å². The summed E-state index contributed by atoms with van der Waals surface area (Å²) in [5.41, 5.74) is 0. The van der Waals surface area contributed by atoms with Crippen molar-refractivity contribution in [2.45, 2.75) is 9.79 Å². The van der Waals surface area contributed by atoms with Gasteiger partial charge in [0.15, 0.2) is 0 Å². The van der Waals surface area contributed by atoms with E-state index in [1.807, 2.05) is 0 Å². The third kappa shape index (κ3) is 3.40. The van der Waals surface area contributed by atoms with Crippen molar-refractivity contribution in [1.82, 2.24) is 8.61 Å². The topological polar surface area (TPSA) is 84.0 Å². The van der Waals surface area contributed by atoms with Gasteiger partial charge < -0.3 is 4.74 Å². The molecule has 0 bridgehead atoms. The van der Waals surface area contributed by atoms with Gasteiger partial charge in [0.2, 0.25) is 20.0 Å². The average molecular weight is 382 g/mol. The molecule has 1 aliphatic heterocycles. The number of rotatable bonds is 5. The molecule has 0 atom stereocenters. The van der Waals surface area contributed by atoms with Crippen LogP contribution in [-0.4, -0.2) is 52.3 Å². The molecule has 0 aliphatic carbocycles. The Hall–Kier alpha value is -1.94. The molecule has 2 aromatic rings. The van der Waals surface area contributed by atoms with Gasteiger partial charge in [0.1, 0.15) is 5.75 Å². The van der Waals surface area contributed by atoms with E-state index < -0.39 is 20.0 Å². The van der Waals surface area contributed by atoms with Crippen molar-refractivity contribution in [3.63, 3.8) is 0 Å². The first-order valence-corrected chi connectivity index (χ1v) is 10.4. The third-order valence-corrected chi connectivity index (χ3v) is 7.68. The molecule has 0 spiro atoms. The van der Waals surface area contributed by atoms with Crippen LogP contribution < -0.4 is 4.74 Å². The fourth-order valence-electron chi connectivity index (χ4n) is 2.57. The van der Waals surface area contributed by atoms with E-state index in [4.69, 9.17) is 4.74 Å². The van der Waals surface area contributed by atoms with E-state index in [0.29, 0.717) is 5.75 Å². The number of ether oxygens (including phenoxy) is 1. The minimum Gasteiger partial charge on any atom is -0.497 e. The third-order valence-electron chi connectivity index (χ3n) is 3.99. The summed E-state index contributed by atoms with van der Waals surface area (Å²) >= 11 is 0. The Balaban J connectivity index is 1.82. The van der Waals surface area contributed by atoms with Crippen LogP contribution >= 0.6 is 0 Å². The van der Waals surface area contributed by atoms with Crippen molar-refractivity contribution in [1.29, 1.82) is 0 Å². The molecule has 9 heteroatoms. The summed E-state index contributed by atoms with van der Waals surface area (Å²) in [4.78, 5) is 0.256. The lowest BCUT2D eigenvalue weighted by molar-refractivity contribution is 0.411. The fraction of sp³-hybridized carbons (Fsp3) is 0.250. The highest BCUT2D eigenvalue weighted by molar-refractivity contribution is 7.90. The Morgan fingerprint density at radius 3 is 1.72 bits per heavy atom. The van der Waals surface area contributed by atoms with Crippen LogP contribution in [0.5, 0.6) is 5.75 Å². The van der Waals surface area contributed by atoms with Gasteiger partial charge in [0.05, 0.1) is 23.6 Å². The minimum absolute atomic E-state index is 0.104. The predicted octanol–water partition coefficient (Wildman–Crippen LogP) is 1.35. The highest BCUT2D eigenvalue weighted by atomic mass is 32.2. The van der Waals surface area contributed by atoms with E-state index in [-0.39, 0.29) is 29.5 Å². The smallest absolute Gasteiger partial charge is 0.244 e. The molecule has 25 heavy (non-hydrogen) atoms. The first kappa shape index (κ1) is 17.9. The zero-order chi connectivity index (χ0) is 18.1. The predicted molar refractivity (Wildman–Crippen MR) is 92.1 cm³/mol. The van der Waals surface area contributed by atoms with Crippen LogP contribution in [0.15, 0.2) is 64.4 Å². The summed E-state index contributed by atoms with van der Waals surface area (Å²) in [5, 5.41) is 0. The highest BCUT2D eigenvalue weighted by Crippen LogP contribution is 2.25. The summed E-state index contributed by atoms with van der Waals surface area (Å²) < 4.78 is 58.0. The van der Waals surface area contributed by atoms with Crippen LogP contribution in [0.3, 0.4) is 0 Å². The van der Waals surface area contributed by atoms with Crippen molar-refractivity contribution >= 4 is 20.0 Å². The minimum atomic E-state index is -3.77. The molecule has 3 rings (SSSR count). The lowest BCUT2D eigenvalue weighted by Crippen LogP contribution is -2.34. The number of sulfonamides is 2. The summed E-state index contributed by atoms with van der Waals surface area (Å²) in [6, 6.07) is 14.0. The normalized spacial score (nSPS) is 16.8. The summed E-state index contributed by atoms with van der Waals surface area (Å²) in [7, 11) is -5.99. The molecule has 134 valence electrons. The molecule has 0 aromatic heterocycles. The van der Waals surface area contributed by atoms with Gasteiger partial charge in [-0.15, -0.1) is 0 Å². The SMILES string of the molecule is COc1ccc(S(=O)(=O)N2CCN(S(=O)(=O)c3ccccc3)C2)cc1. The molecule has 7 nitrogen and oxygen atoms in total. The van der Waals surface area contributed by atoms with Crippen LogP contribution in [0.4, 0.5) is 0 Å². The maximum absolute atomic E-state index is 12.7. The summed E-state index contributed by atoms with van der Waals surface area (Å²) in [6.07, 6.45) is 0. The Morgan fingerprint density at radius 2 is 1.24 bits per heavy atom. The average Bonchev–Trinajstić information content (AvgIpc) is 3.14. The molecule has 1 heterocycles. The Kier molecular flexibility index (Phi) is 4.83. The van der Waals surface area contributed by atoms with Crippen LogP contribution in [0.2, 0.25) is 0 Å². The lowest BCUT2D eigenvalue weighted by Gasteiger charge is -2.18. The van der Waals surface area contributed by atoms with Crippen molar-refractivity contribution in [3.05, 3.63) is 54.6 Å². The largest absolute Gasteiger partial charge is 0.497 e. The molecule has 0 N–H and O–H groups in total. The second-order valence-corrected chi connectivity index (χ2v) is 9.37. The Morgan fingerprint density at radius 1 is 0.760 bits per heavy atom. The number of methoxy groups -OCH3 is 1. The van der Waals surface area contributed by atoms with Crippen molar-refractivity contribution in [2.24, 2.45) is 0 Å². The molecule has 1 aliphatic rings. The molecular formula is C16H18N2O5S2. The number of hydrogen-bond acceptors (Lipinski definition) is 5. The number of nitrogens with zero attached hydrogens (tertiary/aromatic N) is 2. The van der Waals surface area contributed by atoms with E-state index in [0.717, 1.165) is 4.31 Å². The maximum atomic E-state index is 12.7. The zero-order valence-electron chi connectivity index (χ0n) is 13.6. The Labute approximate surface area is 147 Å². The van der Waals surface area contributed by atoms with Gasteiger partial charge in [-0.2, -0.15) is 8.61 Å². The van der Waals surface area contributed by atoms with Crippen molar-refractivity contribution in [2.75, 3.05) is 26.9 Å². The van der Waals surface area contributed by atoms with Gasteiger partial charge in [0, 0.05) is 13.1 Å². The van der Waals surface area contributed by atoms with Crippen LogP contribution in [0.25, 0.3) is 0 Å². The van der Waals surface area contributed by atoms with Gasteiger partial charge in [0.25, 0.3) is 0 Å². The van der Waals surface area contributed by atoms with Crippen LogP contribution in [-0.2, 0) is 20.0 Å². The Bertz CT molecular complexity index is 942. The van der Waals surface area contributed by atoms with Crippen molar-refractivity contribution < 1.29 is 21.6 Å². The quantitative estimate of drug-likeness (QED) is 0.779. The molecular weight excluding hydrogens is 364 g/mol. The van der Waals surface area contributed by atoms with Gasteiger partial charge in [-0.3, -0.25) is 0 Å². The number of hydrogen-bond donors (Lipinski definition) is 0. The molecule has 1 saturated heterocycles. The monoisotopic (exact) mass is 382 g/mol. The molecule has 0 unspecified atom stereocenters. The van der Waals surface area contributed by atoms with E-state index in [1.165, 1.54) is 35.7 Å². The van der Waals surface area contributed by atoms with Gasteiger partial charge in [-0.05, 0) is 36.4 Å². The fourth-order valence-corrected chi connectivity index (χ4v) is 5.45. The lowest BCUT2D eigenvalue weighted by atomic mass is 10.3. The molecule has 1 fully saturated rings. The van der Waals surface area contributed by atoms with Crippen LogP contribution in [0, 0.1) is 0 Å². The zero-order valence-corrected chi connectivity index (χ0v) is 15.2. The van der Waals surface area contributed by atoms with Crippen molar-refractivity contribution in [3.8, 4) is 5.75 Å². The van der Waals surface area contributed by atoms with Crippen LogP contribution in [0.1, 0.15) is 0 Å². The summed E-state index contributed by atoms with van der Waals surface area (Å²) in [5.74, 6) is 0.550. The first-order chi connectivity index (χ1) is 11.9. The van der Waals surface area contributed by atoms with E-state index in [2.05, 4.69) is 0 Å². The molecule has 0 radical (unpaired) electrons. The van der Waals surface area contributed by atoms with E-state index in [1.54, 1.807) is 30.3 Å². The summed E-state index contributed by atoms with van der Waals surface area (Å²) in [6.45, 7) is 0.0264. The molecule has 0 amide bonds. The first-order valence-electron chi connectivity index (χ1n) is 7.55. The van der Waals surface area contributed by atoms with E-state index in [9.17, 15) is 16.8 Å². The van der Waals surface area contributed by atoms with Gasteiger partial charge >= 0.3 is 0 Å². The second-order valence-electron chi connectivity index (χ2n) is 5.49. The van der Waals surface area contributed by atoms with E-state index >= 15 is 0 Å². The molecule has 0 saturated carbocycles. The van der Waals surface area contributed by atoms with Gasteiger partial charge in [-0.1, -0.05) is 18.2 Å².